The van der Waals surface area contributed by atoms with Crippen molar-refractivity contribution in [2.75, 3.05) is 6.54 Å². The van der Waals surface area contributed by atoms with Crippen molar-refractivity contribution < 1.29 is 24.4 Å². The summed E-state index contributed by atoms with van der Waals surface area (Å²) in [5.74, 6) is -1.47. The molecule has 27 heavy (non-hydrogen) atoms. The van der Waals surface area contributed by atoms with Crippen LogP contribution in [0.3, 0.4) is 0 Å². The lowest BCUT2D eigenvalue weighted by atomic mass is 9.66. The molecule has 0 bridgehead atoms. The Hall–Kier alpha value is -2.79. The smallest absolute Gasteiger partial charge is 0.459 e. The van der Waals surface area contributed by atoms with E-state index < -0.39 is 19.2 Å². The highest BCUT2D eigenvalue weighted by Crippen LogP contribution is 2.27. The van der Waals surface area contributed by atoms with E-state index in [1.54, 1.807) is 16.8 Å². The average molecular weight is 373 g/mol. The molecule has 1 fully saturated rings. The van der Waals surface area contributed by atoms with E-state index >= 15 is 0 Å². The topological polar surface area (TPSA) is 139 Å². The molecule has 2 aromatic rings. The number of nitrogens with one attached hydrogen (secondary N) is 1. The number of hydrogen-bond donors (Lipinski definition) is 3. The van der Waals surface area contributed by atoms with E-state index in [-0.39, 0.29) is 24.7 Å². The Balaban J connectivity index is 1.47. The minimum absolute atomic E-state index is 0.132. The first kappa shape index (κ1) is 19.0. The second kappa shape index (κ2) is 8.74. The lowest BCUT2D eigenvalue weighted by Gasteiger charge is -2.30. The second-order valence-electron chi connectivity index (χ2n) is 6.50. The maximum Gasteiger partial charge on any atom is 0.459 e. The summed E-state index contributed by atoms with van der Waals surface area (Å²) in [6.45, 7) is 0.768. The van der Waals surface area contributed by atoms with Crippen molar-refractivity contribution in [2.24, 2.45) is 0 Å². The summed E-state index contributed by atoms with van der Waals surface area (Å²) in [6.07, 6.45) is 2.02. The Morgan fingerprint density at radius 2 is 2.07 bits per heavy atom. The molecule has 2 heterocycles. The van der Waals surface area contributed by atoms with Crippen molar-refractivity contribution in [3.05, 3.63) is 41.7 Å². The van der Waals surface area contributed by atoms with Crippen molar-refractivity contribution in [1.29, 1.82) is 0 Å². The third kappa shape index (κ3) is 5.34. The fourth-order valence-corrected chi connectivity index (χ4v) is 2.99. The zero-order valence-corrected chi connectivity index (χ0v) is 14.6. The highest BCUT2D eigenvalue weighted by Gasteiger charge is 2.35. The van der Waals surface area contributed by atoms with E-state index in [4.69, 9.17) is 9.76 Å². The number of amides is 1. The zero-order valence-electron chi connectivity index (χ0n) is 14.6. The van der Waals surface area contributed by atoms with Crippen LogP contribution in [0.15, 0.2) is 30.6 Å². The molecule has 142 valence electrons. The molecule has 1 saturated heterocycles. The van der Waals surface area contributed by atoms with E-state index in [0.29, 0.717) is 24.9 Å². The maximum absolute atomic E-state index is 12.3. The first-order valence-corrected chi connectivity index (χ1v) is 8.64. The monoisotopic (exact) mass is 373 g/mol. The number of tetrazole rings is 1. The highest BCUT2D eigenvalue weighted by molar-refractivity contribution is 6.45. The molecule has 1 amide bonds. The summed E-state index contributed by atoms with van der Waals surface area (Å²) in [6, 6.07) is 7.08. The molecule has 1 aliphatic heterocycles. The van der Waals surface area contributed by atoms with Crippen LogP contribution in [0.4, 0.5) is 0 Å². The molecule has 1 aromatic heterocycles. The molecule has 0 aliphatic carbocycles. The van der Waals surface area contributed by atoms with Gasteiger partial charge in [0.25, 0.3) is 5.91 Å². The number of carbonyl (C=O) groups excluding carboxylic acids is 1. The summed E-state index contributed by atoms with van der Waals surface area (Å²) in [5, 5.41) is 32.5. The van der Waals surface area contributed by atoms with Gasteiger partial charge in [0.1, 0.15) is 6.33 Å². The van der Waals surface area contributed by atoms with E-state index in [9.17, 15) is 14.6 Å². The number of aliphatic carboxylic acids is 1. The molecular weight excluding hydrogens is 353 g/mol. The zero-order chi connectivity index (χ0) is 19.2. The molecule has 2 unspecified atom stereocenters. The van der Waals surface area contributed by atoms with Gasteiger partial charge < -0.3 is 20.1 Å². The molecule has 0 spiro atoms. The van der Waals surface area contributed by atoms with Gasteiger partial charge in [-0.2, -0.15) is 0 Å². The molecule has 3 N–H and O–H groups in total. The molecule has 0 saturated carbocycles. The Kier molecular flexibility index (Phi) is 6.14. The fraction of sp³-hybridized carbons (Fsp3) is 0.438. The number of nitrogens with zero attached hydrogens (tertiary/aromatic N) is 4. The minimum atomic E-state index is -1.08. The molecule has 0 radical (unpaired) electrons. The number of benzene rings is 1. The van der Waals surface area contributed by atoms with Crippen LogP contribution in [0.1, 0.15) is 35.2 Å². The molecular formula is C16H20BN5O5. The SMILES string of the molecule is O=C(O)CC1CCC(CNC(=O)c2ccc(Cn3cnnn3)cc2)B(O)O1. The molecule has 1 aromatic carbocycles. The number of carboxylic acids is 1. The Morgan fingerprint density at radius 1 is 1.30 bits per heavy atom. The van der Waals surface area contributed by atoms with Crippen LogP contribution in [0.2, 0.25) is 5.82 Å². The second-order valence-corrected chi connectivity index (χ2v) is 6.50. The van der Waals surface area contributed by atoms with Gasteiger partial charge in [-0.3, -0.25) is 9.59 Å². The van der Waals surface area contributed by atoms with Gasteiger partial charge in [0.05, 0.1) is 19.1 Å². The number of hydrogen-bond acceptors (Lipinski definition) is 7. The maximum atomic E-state index is 12.3. The van der Waals surface area contributed by atoms with Crippen molar-refractivity contribution in [2.45, 2.75) is 37.7 Å². The normalized spacial score (nSPS) is 19.7. The van der Waals surface area contributed by atoms with Crippen molar-refractivity contribution >= 4 is 19.0 Å². The first-order chi connectivity index (χ1) is 13.0. The minimum Gasteiger partial charge on any atom is -0.481 e. The van der Waals surface area contributed by atoms with E-state index in [1.165, 1.54) is 6.33 Å². The van der Waals surface area contributed by atoms with Gasteiger partial charge >= 0.3 is 13.1 Å². The fourth-order valence-electron chi connectivity index (χ4n) is 2.99. The molecule has 3 rings (SSSR count). The van der Waals surface area contributed by atoms with Crippen LogP contribution in [0, 0.1) is 0 Å². The van der Waals surface area contributed by atoms with Crippen LogP contribution in [0.5, 0.6) is 0 Å². The average Bonchev–Trinajstić information content (AvgIpc) is 3.14. The van der Waals surface area contributed by atoms with Gasteiger partial charge in [-0.05, 0) is 41.0 Å². The van der Waals surface area contributed by atoms with Gasteiger partial charge in [0.15, 0.2) is 0 Å². The quantitative estimate of drug-likeness (QED) is 0.575. The lowest BCUT2D eigenvalue weighted by molar-refractivity contribution is -0.139. The standard InChI is InChI=1S/C16H20BN5O5/c23-15(24)7-14-6-5-13(17(26)27-14)8-18-16(25)12-3-1-11(2-4-12)9-22-10-19-20-21-22/h1-4,10,13-14,26H,5-9H2,(H,18,25)(H,23,24). The third-order valence-corrected chi connectivity index (χ3v) is 4.47. The Bertz CT molecular complexity index is 770. The van der Waals surface area contributed by atoms with Gasteiger partial charge in [-0.1, -0.05) is 12.1 Å². The number of carboxylic acid groups (broad SMARTS) is 1. The van der Waals surface area contributed by atoms with E-state index in [1.807, 2.05) is 12.1 Å². The summed E-state index contributed by atoms with van der Waals surface area (Å²) >= 11 is 0. The summed E-state index contributed by atoms with van der Waals surface area (Å²) in [4.78, 5) is 23.0. The third-order valence-electron chi connectivity index (χ3n) is 4.47. The van der Waals surface area contributed by atoms with Crippen LogP contribution < -0.4 is 5.32 Å². The Morgan fingerprint density at radius 3 is 2.70 bits per heavy atom. The van der Waals surface area contributed by atoms with Crippen molar-refractivity contribution in [3.8, 4) is 0 Å². The predicted octanol–water partition coefficient (Wildman–Crippen LogP) is -0.0444. The molecule has 11 heteroatoms. The lowest BCUT2D eigenvalue weighted by Crippen LogP contribution is -2.42. The van der Waals surface area contributed by atoms with E-state index in [0.717, 1.165) is 5.56 Å². The largest absolute Gasteiger partial charge is 0.481 e. The van der Waals surface area contributed by atoms with Crippen LogP contribution >= 0.6 is 0 Å². The van der Waals surface area contributed by atoms with Crippen molar-refractivity contribution in [3.63, 3.8) is 0 Å². The molecule has 10 nitrogen and oxygen atoms in total. The Labute approximate surface area is 155 Å². The van der Waals surface area contributed by atoms with Gasteiger partial charge in [0.2, 0.25) is 0 Å². The van der Waals surface area contributed by atoms with Gasteiger partial charge in [0, 0.05) is 17.9 Å². The van der Waals surface area contributed by atoms with E-state index in [2.05, 4.69) is 20.8 Å². The van der Waals surface area contributed by atoms with Gasteiger partial charge in [-0.15, -0.1) is 5.10 Å². The van der Waals surface area contributed by atoms with Crippen LogP contribution in [-0.2, 0) is 16.0 Å². The molecule has 2 atom stereocenters. The van der Waals surface area contributed by atoms with Crippen LogP contribution in [-0.4, -0.2) is 62.0 Å². The van der Waals surface area contributed by atoms with Crippen molar-refractivity contribution in [1.82, 2.24) is 25.5 Å². The number of aromatic nitrogens is 4. The number of carbonyl (C=O) groups is 2. The molecule has 1 aliphatic rings. The highest BCUT2D eigenvalue weighted by atomic mass is 16.5. The van der Waals surface area contributed by atoms with Crippen LogP contribution in [0.25, 0.3) is 0 Å². The predicted molar refractivity (Wildman–Crippen MR) is 93.8 cm³/mol. The van der Waals surface area contributed by atoms with Gasteiger partial charge in [-0.25, -0.2) is 4.68 Å². The summed E-state index contributed by atoms with van der Waals surface area (Å²) in [5.41, 5.74) is 1.46. The summed E-state index contributed by atoms with van der Waals surface area (Å²) < 4.78 is 6.90. The summed E-state index contributed by atoms with van der Waals surface area (Å²) in [7, 11) is -1.08. The first-order valence-electron chi connectivity index (χ1n) is 8.64. The number of rotatable bonds is 7.